The van der Waals surface area contributed by atoms with E-state index in [-0.39, 0.29) is 0 Å². The Balaban J connectivity index is 2.34. The summed E-state index contributed by atoms with van der Waals surface area (Å²) in [5, 5.41) is 7.40. The molecule has 6 heteroatoms. The Labute approximate surface area is 128 Å². The van der Waals surface area contributed by atoms with Gasteiger partial charge in [-0.1, -0.05) is 36.5 Å². The Hall–Kier alpha value is -1.52. The van der Waals surface area contributed by atoms with Crippen LogP contribution in [0.4, 0.5) is 17.3 Å². The number of nitrogens with one attached hydrogen (secondary N) is 2. The molecule has 0 amide bonds. The molecule has 0 aliphatic heterocycles. The van der Waals surface area contributed by atoms with Crippen LogP contribution in [-0.4, -0.2) is 17.0 Å². The number of rotatable bonds is 5. The van der Waals surface area contributed by atoms with Crippen molar-refractivity contribution >= 4 is 40.5 Å². The van der Waals surface area contributed by atoms with Gasteiger partial charge < -0.3 is 10.6 Å². The van der Waals surface area contributed by atoms with Gasteiger partial charge in [0, 0.05) is 18.3 Å². The van der Waals surface area contributed by atoms with E-state index in [1.807, 2.05) is 13.1 Å². The van der Waals surface area contributed by atoms with Crippen LogP contribution in [0.1, 0.15) is 18.9 Å². The molecular formula is C14H16Cl2N4. The Morgan fingerprint density at radius 1 is 1.10 bits per heavy atom. The predicted octanol–water partition coefficient (Wildman–Crippen LogP) is 4.52. The fourth-order valence-electron chi connectivity index (χ4n) is 1.93. The lowest BCUT2D eigenvalue weighted by atomic mass is 10.1. The largest absolute Gasteiger partial charge is 0.373 e. The second-order valence-corrected chi connectivity index (χ2v) is 5.12. The smallest absolute Gasteiger partial charge is 0.139 e. The molecular weight excluding hydrogens is 295 g/mol. The number of halogens is 2. The molecule has 0 unspecified atom stereocenters. The van der Waals surface area contributed by atoms with Crippen LogP contribution in [0.25, 0.3) is 0 Å². The fraction of sp³-hybridized carbons (Fsp3) is 0.286. The Morgan fingerprint density at radius 3 is 2.50 bits per heavy atom. The van der Waals surface area contributed by atoms with E-state index in [0.717, 1.165) is 35.7 Å². The maximum absolute atomic E-state index is 6.02. The maximum atomic E-state index is 6.02. The molecule has 2 rings (SSSR count). The van der Waals surface area contributed by atoms with Crippen LogP contribution in [0.15, 0.2) is 24.5 Å². The quantitative estimate of drug-likeness (QED) is 0.852. The van der Waals surface area contributed by atoms with Crippen molar-refractivity contribution in [2.24, 2.45) is 0 Å². The third-order valence-corrected chi connectivity index (χ3v) is 3.60. The topological polar surface area (TPSA) is 49.8 Å². The van der Waals surface area contributed by atoms with Gasteiger partial charge in [0.1, 0.15) is 18.0 Å². The summed E-state index contributed by atoms with van der Waals surface area (Å²) in [6.07, 6.45) is 3.43. The van der Waals surface area contributed by atoms with Crippen LogP contribution in [0.5, 0.6) is 0 Å². The summed E-state index contributed by atoms with van der Waals surface area (Å²) in [6, 6.07) is 5.40. The van der Waals surface area contributed by atoms with Crippen molar-refractivity contribution in [1.82, 2.24) is 9.97 Å². The highest BCUT2D eigenvalue weighted by molar-refractivity contribution is 6.42. The molecule has 2 aromatic rings. The molecule has 0 spiro atoms. The van der Waals surface area contributed by atoms with E-state index in [2.05, 4.69) is 27.5 Å². The molecule has 0 fully saturated rings. The van der Waals surface area contributed by atoms with Crippen LogP contribution in [-0.2, 0) is 6.42 Å². The first-order valence-corrected chi connectivity index (χ1v) is 7.15. The molecule has 1 aromatic heterocycles. The van der Waals surface area contributed by atoms with Gasteiger partial charge in [-0.05, 0) is 24.6 Å². The van der Waals surface area contributed by atoms with E-state index in [9.17, 15) is 0 Å². The Kier molecular flexibility index (Phi) is 5.04. The first kappa shape index (κ1) is 14.9. The third kappa shape index (κ3) is 3.32. The predicted molar refractivity (Wildman–Crippen MR) is 85.3 cm³/mol. The molecule has 0 saturated carbocycles. The molecule has 4 nitrogen and oxygen atoms in total. The monoisotopic (exact) mass is 310 g/mol. The van der Waals surface area contributed by atoms with Gasteiger partial charge >= 0.3 is 0 Å². The summed E-state index contributed by atoms with van der Waals surface area (Å²) in [7, 11) is 1.85. The SMILES string of the molecule is CCCc1c(NC)ncnc1Nc1ccc(Cl)c(Cl)c1. The van der Waals surface area contributed by atoms with Gasteiger partial charge in [-0.3, -0.25) is 0 Å². The van der Waals surface area contributed by atoms with Gasteiger partial charge in [0.05, 0.1) is 10.0 Å². The average Bonchev–Trinajstić information content (AvgIpc) is 2.45. The van der Waals surface area contributed by atoms with Crippen molar-refractivity contribution in [2.45, 2.75) is 19.8 Å². The maximum Gasteiger partial charge on any atom is 0.139 e. The molecule has 0 radical (unpaired) electrons. The zero-order chi connectivity index (χ0) is 14.5. The minimum atomic E-state index is 0.511. The van der Waals surface area contributed by atoms with Gasteiger partial charge in [-0.15, -0.1) is 0 Å². The molecule has 1 aromatic carbocycles. The number of hydrogen-bond donors (Lipinski definition) is 2. The van der Waals surface area contributed by atoms with Gasteiger partial charge in [0.25, 0.3) is 0 Å². The first-order valence-electron chi connectivity index (χ1n) is 6.39. The summed E-state index contributed by atoms with van der Waals surface area (Å²) >= 11 is 11.9. The van der Waals surface area contributed by atoms with Crippen molar-refractivity contribution in [1.29, 1.82) is 0 Å². The second kappa shape index (κ2) is 6.77. The van der Waals surface area contributed by atoms with Gasteiger partial charge in [0.15, 0.2) is 0 Å². The summed E-state index contributed by atoms with van der Waals surface area (Å²) in [4.78, 5) is 8.56. The van der Waals surface area contributed by atoms with Gasteiger partial charge in [-0.25, -0.2) is 9.97 Å². The lowest BCUT2D eigenvalue weighted by molar-refractivity contribution is 0.905. The number of anilines is 3. The minimum Gasteiger partial charge on any atom is -0.373 e. The van der Waals surface area contributed by atoms with E-state index >= 15 is 0 Å². The van der Waals surface area contributed by atoms with E-state index in [1.165, 1.54) is 6.33 Å². The third-order valence-electron chi connectivity index (χ3n) is 2.86. The number of aromatic nitrogens is 2. The fourth-order valence-corrected chi connectivity index (χ4v) is 2.23. The van der Waals surface area contributed by atoms with Crippen LogP contribution in [0.2, 0.25) is 10.0 Å². The molecule has 0 aliphatic rings. The lowest BCUT2D eigenvalue weighted by Gasteiger charge is -2.14. The van der Waals surface area contributed by atoms with Crippen LogP contribution < -0.4 is 10.6 Å². The van der Waals surface area contributed by atoms with Gasteiger partial charge in [0.2, 0.25) is 0 Å². The molecule has 0 aliphatic carbocycles. The van der Waals surface area contributed by atoms with Crippen LogP contribution >= 0.6 is 23.2 Å². The molecule has 0 saturated heterocycles. The summed E-state index contributed by atoms with van der Waals surface area (Å²) in [5.41, 5.74) is 1.90. The first-order chi connectivity index (χ1) is 9.65. The van der Waals surface area contributed by atoms with Crippen LogP contribution in [0, 0.1) is 0 Å². The zero-order valence-electron chi connectivity index (χ0n) is 11.4. The average molecular weight is 311 g/mol. The highest BCUT2D eigenvalue weighted by Gasteiger charge is 2.10. The number of nitrogens with zero attached hydrogens (tertiary/aromatic N) is 2. The van der Waals surface area contributed by atoms with Crippen molar-refractivity contribution in [3.63, 3.8) is 0 Å². The second-order valence-electron chi connectivity index (χ2n) is 4.30. The zero-order valence-corrected chi connectivity index (χ0v) is 12.9. The van der Waals surface area contributed by atoms with E-state index in [1.54, 1.807) is 12.1 Å². The summed E-state index contributed by atoms with van der Waals surface area (Å²) in [6.45, 7) is 2.12. The van der Waals surface area contributed by atoms with Gasteiger partial charge in [-0.2, -0.15) is 0 Å². The van der Waals surface area contributed by atoms with Crippen LogP contribution in [0.3, 0.4) is 0 Å². The standard InChI is InChI=1S/C14H16Cl2N4/c1-3-4-10-13(17-2)18-8-19-14(10)20-9-5-6-11(15)12(16)7-9/h5-8H,3-4H2,1-2H3,(H2,17,18,19,20). The molecule has 1 heterocycles. The Morgan fingerprint density at radius 2 is 1.85 bits per heavy atom. The molecule has 0 atom stereocenters. The lowest BCUT2D eigenvalue weighted by Crippen LogP contribution is -2.05. The molecule has 0 bridgehead atoms. The number of hydrogen-bond acceptors (Lipinski definition) is 4. The highest BCUT2D eigenvalue weighted by Crippen LogP contribution is 2.29. The van der Waals surface area contributed by atoms with Crippen molar-refractivity contribution in [2.75, 3.05) is 17.7 Å². The van der Waals surface area contributed by atoms with Crippen molar-refractivity contribution < 1.29 is 0 Å². The van der Waals surface area contributed by atoms with Crippen molar-refractivity contribution in [3.05, 3.63) is 40.1 Å². The summed E-state index contributed by atoms with van der Waals surface area (Å²) < 4.78 is 0. The van der Waals surface area contributed by atoms with E-state index in [0.29, 0.717) is 10.0 Å². The van der Waals surface area contributed by atoms with E-state index in [4.69, 9.17) is 23.2 Å². The Bertz CT molecular complexity index is 602. The minimum absolute atomic E-state index is 0.511. The molecule has 2 N–H and O–H groups in total. The normalized spacial score (nSPS) is 10.4. The molecule has 20 heavy (non-hydrogen) atoms. The van der Waals surface area contributed by atoms with E-state index < -0.39 is 0 Å². The van der Waals surface area contributed by atoms with Crippen molar-refractivity contribution in [3.8, 4) is 0 Å². The number of benzene rings is 1. The molecule has 106 valence electrons. The summed E-state index contributed by atoms with van der Waals surface area (Å²) in [5.74, 6) is 1.62. The highest BCUT2D eigenvalue weighted by atomic mass is 35.5.